The van der Waals surface area contributed by atoms with Crippen LogP contribution in [0.4, 0.5) is 4.39 Å². The van der Waals surface area contributed by atoms with Crippen LogP contribution < -0.4 is 21.3 Å². The van der Waals surface area contributed by atoms with Crippen molar-refractivity contribution in [3.05, 3.63) is 23.0 Å². The molecule has 8 atom stereocenters. The number of ether oxygens (including phenoxy) is 1. The Labute approximate surface area is 178 Å². The summed E-state index contributed by atoms with van der Waals surface area (Å²) < 4.78 is 19.4. The first-order chi connectivity index (χ1) is 14.2. The molecule has 8 unspecified atom stereocenters. The molecular formula is C22H34ClFN4O. The minimum absolute atomic E-state index is 0.129. The minimum atomic E-state index is -0.129. The zero-order valence-electron chi connectivity index (χ0n) is 17.0. The molecule has 29 heavy (non-hydrogen) atoms. The van der Waals surface area contributed by atoms with Gasteiger partial charge in [0.05, 0.1) is 24.0 Å². The number of fused-ring (bicyclic) bond motifs is 1. The number of halogens is 2. The van der Waals surface area contributed by atoms with Gasteiger partial charge < -0.3 is 10.1 Å². The first-order valence-electron chi connectivity index (χ1n) is 11.5. The van der Waals surface area contributed by atoms with Gasteiger partial charge in [-0.3, -0.25) is 16.0 Å². The molecule has 3 saturated heterocycles. The van der Waals surface area contributed by atoms with Gasteiger partial charge in [-0.2, -0.15) is 0 Å². The average molecular weight is 425 g/mol. The standard InChI is InChI=1S/C22H34ClFN4O/c23-17-11-15(4-5-18(17)24)26-21-16-10-13(14-7-9-29-12-14)3-6-19(16)27-22(28-21)20-2-1-8-25-20/h3,6,13-16,19-22,25-28H,1-2,4-5,7-12H2. The summed E-state index contributed by atoms with van der Waals surface area (Å²) in [6.45, 7) is 2.88. The molecule has 4 N–H and O–H groups in total. The predicted molar refractivity (Wildman–Crippen MR) is 113 cm³/mol. The predicted octanol–water partition coefficient (Wildman–Crippen LogP) is 2.74. The molecule has 162 valence electrons. The molecule has 0 aromatic heterocycles. The second kappa shape index (κ2) is 8.93. The van der Waals surface area contributed by atoms with Crippen molar-refractivity contribution in [2.24, 2.45) is 17.8 Å². The van der Waals surface area contributed by atoms with Crippen LogP contribution in [0.3, 0.4) is 0 Å². The van der Waals surface area contributed by atoms with Crippen molar-refractivity contribution < 1.29 is 9.13 Å². The van der Waals surface area contributed by atoms with E-state index in [4.69, 9.17) is 16.3 Å². The third-order valence-corrected chi connectivity index (χ3v) is 8.01. The second-order valence-electron chi connectivity index (χ2n) is 9.51. The number of hydrogen-bond donors (Lipinski definition) is 4. The van der Waals surface area contributed by atoms with Gasteiger partial charge in [0.15, 0.2) is 0 Å². The minimum Gasteiger partial charge on any atom is -0.381 e. The molecule has 0 radical (unpaired) electrons. The summed E-state index contributed by atoms with van der Waals surface area (Å²) in [7, 11) is 0. The molecular weight excluding hydrogens is 391 g/mol. The van der Waals surface area contributed by atoms with Gasteiger partial charge in [-0.25, -0.2) is 4.39 Å². The lowest BCUT2D eigenvalue weighted by Gasteiger charge is -2.49. The Morgan fingerprint density at radius 1 is 1.17 bits per heavy atom. The van der Waals surface area contributed by atoms with E-state index in [0.29, 0.717) is 47.7 Å². The molecule has 3 fully saturated rings. The third-order valence-electron chi connectivity index (χ3n) is 7.65. The normalized spacial score (nSPS) is 45.6. The van der Waals surface area contributed by atoms with Crippen molar-refractivity contribution in [1.82, 2.24) is 21.3 Å². The summed E-state index contributed by atoms with van der Waals surface area (Å²) in [5.41, 5.74) is 0. The van der Waals surface area contributed by atoms with E-state index in [0.717, 1.165) is 32.6 Å². The van der Waals surface area contributed by atoms with Crippen molar-refractivity contribution in [3.8, 4) is 0 Å². The number of nitrogens with one attached hydrogen (secondary N) is 4. The maximum absolute atomic E-state index is 13.8. The van der Waals surface area contributed by atoms with Gasteiger partial charge >= 0.3 is 0 Å². The Hall–Kier alpha value is -0.500. The zero-order valence-corrected chi connectivity index (χ0v) is 17.8. The topological polar surface area (TPSA) is 57.3 Å². The SMILES string of the molecule is FC1=C(Cl)CC(NC2NC(C3CCCN3)NC3C=CC(C4CCOC4)CC32)CC1. The highest BCUT2D eigenvalue weighted by Gasteiger charge is 2.43. The number of allylic oxidation sites excluding steroid dienone is 2. The summed E-state index contributed by atoms with van der Waals surface area (Å²) in [5, 5.41) is 15.6. The fourth-order valence-electron chi connectivity index (χ4n) is 5.94. The van der Waals surface area contributed by atoms with E-state index in [9.17, 15) is 4.39 Å². The van der Waals surface area contributed by atoms with Gasteiger partial charge in [0.1, 0.15) is 5.83 Å². The highest BCUT2D eigenvalue weighted by Crippen LogP contribution is 2.37. The van der Waals surface area contributed by atoms with Crippen LogP contribution in [0.1, 0.15) is 44.9 Å². The van der Waals surface area contributed by atoms with E-state index >= 15 is 0 Å². The molecule has 3 aliphatic heterocycles. The summed E-state index contributed by atoms with van der Waals surface area (Å²) >= 11 is 6.16. The monoisotopic (exact) mass is 424 g/mol. The maximum Gasteiger partial charge on any atom is 0.114 e. The molecule has 0 spiro atoms. The van der Waals surface area contributed by atoms with E-state index in [1.54, 1.807) is 0 Å². The van der Waals surface area contributed by atoms with Gasteiger partial charge in [-0.05, 0) is 50.5 Å². The van der Waals surface area contributed by atoms with Gasteiger partial charge in [-0.1, -0.05) is 23.8 Å². The average Bonchev–Trinajstić information content (AvgIpc) is 3.44. The lowest BCUT2D eigenvalue weighted by atomic mass is 9.74. The highest BCUT2D eigenvalue weighted by atomic mass is 35.5. The van der Waals surface area contributed by atoms with Gasteiger partial charge in [0.25, 0.3) is 0 Å². The molecule has 2 aliphatic carbocycles. The van der Waals surface area contributed by atoms with Crippen molar-refractivity contribution in [1.29, 1.82) is 0 Å². The van der Waals surface area contributed by atoms with Gasteiger partial charge in [-0.15, -0.1) is 0 Å². The maximum atomic E-state index is 13.8. The first-order valence-corrected chi connectivity index (χ1v) is 11.9. The fraction of sp³-hybridized carbons (Fsp3) is 0.818. The zero-order chi connectivity index (χ0) is 19.8. The van der Waals surface area contributed by atoms with Crippen LogP contribution >= 0.6 is 11.6 Å². The molecule has 5 nitrogen and oxygen atoms in total. The molecule has 0 saturated carbocycles. The van der Waals surface area contributed by atoms with Crippen LogP contribution in [0.5, 0.6) is 0 Å². The lowest BCUT2D eigenvalue weighted by molar-refractivity contribution is 0.0947. The summed E-state index contributed by atoms with van der Waals surface area (Å²) in [5.74, 6) is 1.57. The molecule has 5 rings (SSSR count). The van der Waals surface area contributed by atoms with E-state index in [-0.39, 0.29) is 24.2 Å². The largest absolute Gasteiger partial charge is 0.381 e. The van der Waals surface area contributed by atoms with Crippen LogP contribution in [0.15, 0.2) is 23.0 Å². The van der Waals surface area contributed by atoms with Crippen LogP contribution in [-0.2, 0) is 4.74 Å². The van der Waals surface area contributed by atoms with Gasteiger partial charge in [0.2, 0.25) is 0 Å². The smallest absolute Gasteiger partial charge is 0.114 e. The third kappa shape index (κ3) is 4.43. The number of rotatable bonds is 4. The Morgan fingerprint density at radius 2 is 2.10 bits per heavy atom. The van der Waals surface area contributed by atoms with E-state index < -0.39 is 0 Å². The Bertz CT molecular complexity index is 647. The second-order valence-corrected chi connectivity index (χ2v) is 9.96. The van der Waals surface area contributed by atoms with E-state index in [1.165, 1.54) is 19.3 Å². The lowest BCUT2D eigenvalue weighted by Crippen LogP contribution is -2.72. The highest BCUT2D eigenvalue weighted by molar-refractivity contribution is 6.29. The van der Waals surface area contributed by atoms with Gasteiger partial charge in [0, 0.05) is 43.5 Å². The molecule has 5 aliphatic rings. The van der Waals surface area contributed by atoms with Crippen molar-refractivity contribution in [2.75, 3.05) is 19.8 Å². The van der Waals surface area contributed by atoms with Crippen LogP contribution in [0.2, 0.25) is 0 Å². The molecule has 3 heterocycles. The quantitative estimate of drug-likeness (QED) is 0.523. The van der Waals surface area contributed by atoms with Crippen molar-refractivity contribution in [3.63, 3.8) is 0 Å². The molecule has 0 aromatic carbocycles. The Kier molecular flexibility index (Phi) is 6.28. The van der Waals surface area contributed by atoms with Crippen LogP contribution in [-0.4, -0.2) is 50.2 Å². The van der Waals surface area contributed by atoms with Crippen molar-refractivity contribution in [2.45, 2.75) is 75.4 Å². The Balaban J connectivity index is 1.32. The molecule has 0 bridgehead atoms. The summed E-state index contributed by atoms with van der Waals surface area (Å²) in [6, 6.07) is 1.06. The summed E-state index contributed by atoms with van der Waals surface area (Å²) in [6.07, 6.45) is 11.9. The Morgan fingerprint density at radius 3 is 2.86 bits per heavy atom. The fourth-order valence-corrected chi connectivity index (χ4v) is 6.22. The van der Waals surface area contributed by atoms with E-state index in [2.05, 4.69) is 33.4 Å². The molecule has 0 amide bonds. The van der Waals surface area contributed by atoms with Crippen molar-refractivity contribution >= 4 is 11.6 Å². The summed E-state index contributed by atoms with van der Waals surface area (Å²) in [4.78, 5) is 0. The van der Waals surface area contributed by atoms with Crippen LogP contribution in [0, 0.1) is 17.8 Å². The molecule has 0 aromatic rings. The van der Waals surface area contributed by atoms with E-state index in [1.807, 2.05) is 0 Å². The first kappa shape index (κ1) is 20.4. The molecule has 7 heteroatoms. The van der Waals surface area contributed by atoms with Crippen LogP contribution in [0.25, 0.3) is 0 Å². The number of hydrogen-bond acceptors (Lipinski definition) is 5.